The Balaban J connectivity index is 1.42. The van der Waals surface area contributed by atoms with Crippen LogP contribution in [0.15, 0.2) is 88.4 Å². The van der Waals surface area contributed by atoms with Gasteiger partial charge in [0.1, 0.15) is 10.4 Å². The second kappa shape index (κ2) is 12.9. The number of H-pyrrole nitrogens is 1. The molecular formula is C30H31BrN4O6S. The molecule has 4 aromatic rings. The van der Waals surface area contributed by atoms with Crippen LogP contribution in [0.1, 0.15) is 48.8 Å². The molecule has 4 rings (SSSR count). The highest BCUT2D eigenvalue weighted by atomic mass is 79.9. The maximum absolute atomic E-state index is 13.1. The summed E-state index contributed by atoms with van der Waals surface area (Å²) < 4.78 is 28.6. The van der Waals surface area contributed by atoms with Gasteiger partial charge in [0, 0.05) is 18.0 Å². The van der Waals surface area contributed by atoms with E-state index in [4.69, 9.17) is 0 Å². The lowest BCUT2D eigenvalue weighted by Crippen LogP contribution is -2.39. The minimum absolute atomic E-state index is 0.0160. The lowest BCUT2D eigenvalue weighted by atomic mass is 9.98. The van der Waals surface area contributed by atoms with Crippen molar-refractivity contribution in [3.63, 3.8) is 0 Å². The normalized spacial score (nSPS) is 13.6. The van der Waals surface area contributed by atoms with Crippen LogP contribution in [0.3, 0.4) is 0 Å². The Labute approximate surface area is 252 Å². The number of aromatic nitrogens is 2. The lowest BCUT2D eigenvalue weighted by molar-refractivity contribution is -0.158. The van der Waals surface area contributed by atoms with Gasteiger partial charge in [0.15, 0.2) is 0 Å². The number of imidazole rings is 1. The van der Waals surface area contributed by atoms with E-state index >= 15 is 0 Å². The maximum Gasteiger partial charge on any atom is 0.341 e. The van der Waals surface area contributed by atoms with E-state index in [1.165, 1.54) is 13.0 Å². The summed E-state index contributed by atoms with van der Waals surface area (Å²) >= 11 is 3.23. The first-order chi connectivity index (χ1) is 19.9. The van der Waals surface area contributed by atoms with Gasteiger partial charge < -0.3 is 20.5 Å². The summed E-state index contributed by atoms with van der Waals surface area (Å²) in [6.45, 7) is 3.32. The van der Waals surface area contributed by atoms with E-state index in [0.29, 0.717) is 29.8 Å². The molecule has 0 aliphatic rings. The van der Waals surface area contributed by atoms with Crippen LogP contribution in [0.4, 0.5) is 4.79 Å². The van der Waals surface area contributed by atoms with E-state index in [1.54, 1.807) is 18.2 Å². The molecule has 10 nitrogen and oxygen atoms in total. The van der Waals surface area contributed by atoms with Crippen molar-refractivity contribution in [3.05, 3.63) is 106 Å². The van der Waals surface area contributed by atoms with Crippen LogP contribution in [0, 0.1) is 0 Å². The van der Waals surface area contributed by atoms with Gasteiger partial charge in [-0.25, -0.2) is 27.7 Å². The first-order valence-corrected chi connectivity index (χ1v) is 15.4. The van der Waals surface area contributed by atoms with Gasteiger partial charge in [-0.3, -0.25) is 0 Å². The van der Waals surface area contributed by atoms with E-state index < -0.39 is 27.6 Å². The van der Waals surface area contributed by atoms with Crippen molar-refractivity contribution < 1.29 is 28.2 Å². The number of aliphatic hydroxyl groups is 1. The fraction of sp³-hybridized carbons (Fsp3) is 0.233. The van der Waals surface area contributed by atoms with Crippen molar-refractivity contribution in [2.45, 2.75) is 49.6 Å². The molecule has 0 spiro atoms. The molecule has 12 heteroatoms. The van der Waals surface area contributed by atoms with Crippen molar-refractivity contribution in [1.29, 1.82) is 0 Å². The molecule has 0 saturated heterocycles. The number of carbonyl (C=O) groups excluding carboxylic acids is 1. The highest BCUT2D eigenvalue weighted by Gasteiger charge is 2.37. The first-order valence-electron chi connectivity index (χ1n) is 13.1. The SMILES string of the molecule is CC(CCc1ccc(-c2ccccc2S(=O)(=O)NC(=O)NCc2ccccc2)cc1)c1nc(Br)c(C(C)(O)C(=O)O)[nH]1. The van der Waals surface area contributed by atoms with Crippen molar-refractivity contribution in [2.75, 3.05) is 0 Å². The predicted molar refractivity (Wildman–Crippen MR) is 161 cm³/mol. The molecule has 3 aromatic carbocycles. The topological polar surface area (TPSA) is 161 Å². The van der Waals surface area contributed by atoms with E-state index in [1.807, 2.05) is 61.5 Å². The van der Waals surface area contributed by atoms with Crippen LogP contribution in [-0.4, -0.2) is 40.6 Å². The molecule has 0 bridgehead atoms. The van der Waals surface area contributed by atoms with Crippen LogP contribution in [-0.2, 0) is 33.4 Å². The van der Waals surface area contributed by atoms with Crippen LogP contribution < -0.4 is 10.0 Å². The Morgan fingerprint density at radius 2 is 1.64 bits per heavy atom. The van der Waals surface area contributed by atoms with E-state index in [9.17, 15) is 28.2 Å². The standard InChI is InChI=1S/C30H31BrN4O6S/c1-19(27-33-25(26(31)34-27)30(2,39)28(36)37)12-13-20-14-16-22(17-15-20)23-10-6-7-11-24(23)42(40,41)35-29(38)32-18-21-8-4-3-5-9-21/h3-11,14-17,19,39H,12-13,18H2,1-2H3,(H,33,34)(H,36,37)(H2,32,35,38). The fourth-order valence-corrected chi connectivity index (χ4v) is 6.17. The van der Waals surface area contributed by atoms with Crippen LogP contribution in [0.5, 0.6) is 0 Å². The van der Waals surface area contributed by atoms with Gasteiger partial charge in [0.2, 0.25) is 5.60 Å². The summed E-state index contributed by atoms with van der Waals surface area (Å²) in [5.41, 5.74) is 0.955. The van der Waals surface area contributed by atoms with Crippen LogP contribution in [0.2, 0.25) is 0 Å². The number of halogens is 1. The van der Waals surface area contributed by atoms with Crippen molar-refractivity contribution in [3.8, 4) is 11.1 Å². The Kier molecular flexibility index (Phi) is 9.50. The van der Waals surface area contributed by atoms with Gasteiger partial charge in [-0.2, -0.15) is 0 Å². The number of rotatable bonds is 11. The van der Waals surface area contributed by atoms with Crippen LogP contribution in [0.25, 0.3) is 11.1 Å². The Hall–Kier alpha value is -4.00. The number of hydrogen-bond acceptors (Lipinski definition) is 6. The summed E-state index contributed by atoms with van der Waals surface area (Å²) in [7, 11) is -4.15. The first kappa shape index (κ1) is 30.9. The summed E-state index contributed by atoms with van der Waals surface area (Å²) in [4.78, 5) is 31.1. The molecular weight excluding hydrogens is 624 g/mol. The predicted octanol–water partition coefficient (Wildman–Crippen LogP) is 5.06. The molecule has 0 aliphatic heterocycles. The van der Waals surface area contributed by atoms with Crippen molar-refractivity contribution in [1.82, 2.24) is 20.0 Å². The number of nitrogens with one attached hydrogen (secondary N) is 3. The zero-order chi connectivity index (χ0) is 30.5. The molecule has 0 saturated carbocycles. The van der Waals surface area contributed by atoms with Crippen LogP contribution >= 0.6 is 15.9 Å². The third kappa shape index (κ3) is 7.25. The molecule has 0 aliphatic carbocycles. The molecule has 2 unspecified atom stereocenters. The van der Waals surface area contributed by atoms with Crippen molar-refractivity contribution >= 4 is 38.0 Å². The van der Waals surface area contributed by atoms with Gasteiger partial charge in [-0.15, -0.1) is 0 Å². The molecule has 220 valence electrons. The molecule has 2 atom stereocenters. The number of aromatic amines is 1. The largest absolute Gasteiger partial charge is 0.479 e. The van der Waals surface area contributed by atoms with Gasteiger partial charge in [0.25, 0.3) is 10.0 Å². The van der Waals surface area contributed by atoms with Gasteiger partial charge in [-0.1, -0.05) is 79.7 Å². The highest BCUT2D eigenvalue weighted by Crippen LogP contribution is 2.31. The number of carboxylic acids is 1. The smallest absolute Gasteiger partial charge is 0.341 e. The average molecular weight is 656 g/mol. The average Bonchev–Trinajstić information content (AvgIpc) is 3.38. The van der Waals surface area contributed by atoms with E-state index in [2.05, 4.69) is 35.9 Å². The number of carbonyl (C=O) groups is 2. The monoisotopic (exact) mass is 654 g/mol. The fourth-order valence-electron chi connectivity index (χ4n) is 4.33. The summed E-state index contributed by atoms with van der Waals surface area (Å²) in [5, 5.41) is 22.2. The lowest BCUT2D eigenvalue weighted by Gasteiger charge is -2.16. The zero-order valence-electron chi connectivity index (χ0n) is 23.0. The van der Waals surface area contributed by atoms with E-state index in [0.717, 1.165) is 11.1 Å². The Morgan fingerprint density at radius 3 is 2.31 bits per heavy atom. The maximum atomic E-state index is 13.1. The minimum Gasteiger partial charge on any atom is -0.479 e. The van der Waals surface area contributed by atoms with Gasteiger partial charge in [-0.05, 0) is 58.5 Å². The third-order valence-electron chi connectivity index (χ3n) is 6.88. The number of sulfonamides is 1. The Morgan fingerprint density at radius 1 is 1.00 bits per heavy atom. The van der Waals surface area contributed by atoms with E-state index in [-0.39, 0.29) is 27.7 Å². The second-order valence-corrected chi connectivity index (χ2v) is 12.5. The van der Waals surface area contributed by atoms with Gasteiger partial charge >= 0.3 is 12.0 Å². The number of hydrogen-bond donors (Lipinski definition) is 5. The van der Waals surface area contributed by atoms with Crippen molar-refractivity contribution in [2.24, 2.45) is 0 Å². The number of carboxylic acid groups (broad SMARTS) is 1. The Bertz CT molecular complexity index is 1670. The number of urea groups is 1. The molecule has 2 amide bonds. The number of amides is 2. The molecule has 0 radical (unpaired) electrons. The quantitative estimate of drug-likeness (QED) is 0.151. The molecule has 1 heterocycles. The molecule has 5 N–H and O–H groups in total. The van der Waals surface area contributed by atoms with Gasteiger partial charge in [0.05, 0.1) is 10.6 Å². The second-order valence-electron chi connectivity index (χ2n) is 10.1. The third-order valence-corrected chi connectivity index (χ3v) is 8.84. The summed E-state index contributed by atoms with van der Waals surface area (Å²) in [6, 6.07) is 22.3. The molecule has 0 fully saturated rings. The number of benzene rings is 3. The minimum atomic E-state index is -4.15. The zero-order valence-corrected chi connectivity index (χ0v) is 25.4. The molecule has 1 aromatic heterocycles. The number of aliphatic carboxylic acids is 1. The number of nitrogens with zero attached hydrogens (tertiary/aromatic N) is 1. The summed E-state index contributed by atoms with van der Waals surface area (Å²) in [6.07, 6.45) is 1.36. The number of aryl methyl sites for hydroxylation is 1. The highest BCUT2D eigenvalue weighted by molar-refractivity contribution is 9.10. The summed E-state index contributed by atoms with van der Waals surface area (Å²) in [5.74, 6) is -0.901. The molecule has 42 heavy (non-hydrogen) atoms.